The SMILES string of the molecule is CCOc1cc(C(=O)N(CC(F)F)C2CC2)ccc1OCC(=O)O. The Hall–Kier alpha value is -2.38. The van der Waals surface area contributed by atoms with E-state index in [1.54, 1.807) is 6.92 Å². The van der Waals surface area contributed by atoms with Crippen LogP contribution in [-0.4, -0.2) is 54.1 Å². The number of carboxylic acids is 1. The molecule has 24 heavy (non-hydrogen) atoms. The van der Waals surface area contributed by atoms with E-state index < -0.39 is 31.5 Å². The third-order valence-electron chi connectivity index (χ3n) is 3.42. The molecule has 2 rings (SSSR count). The molecule has 1 amide bonds. The lowest BCUT2D eigenvalue weighted by Gasteiger charge is -2.22. The summed E-state index contributed by atoms with van der Waals surface area (Å²) in [7, 11) is 0. The van der Waals surface area contributed by atoms with E-state index in [4.69, 9.17) is 14.6 Å². The van der Waals surface area contributed by atoms with Crippen molar-refractivity contribution < 1.29 is 33.0 Å². The van der Waals surface area contributed by atoms with Gasteiger partial charge >= 0.3 is 5.97 Å². The molecule has 0 heterocycles. The first-order chi connectivity index (χ1) is 11.4. The highest BCUT2D eigenvalue weighted by atomic mass is 19.3. The normalized spacial score (nSPS) is 13.7. The van der Waals surface area contributed by atoms with Crippen molar-refractivity contribution in [2.24, 2.45) is 0 Å². The molecular formula is C16H19F2NO5. The topological polar surface area (TPSA) is 76.1 Å². The monoisotopic (exact) mass is 343 g/mol. The van der Waals surface area contributed by atoms with Crippen molar-refractivity contribution in [2.45, 2.75) is 32.2 Å². The van der Waals surface area contributed by atoms with Gasteiger partial charge in [-0.25, -0.2) is 13.6 Å². The summed E-state index contributed by atoms with van der Waals surface area (Å²) in [5, 5.41) is 8.67. The molecule has 1 saturated carbocycles. The van der Waals surface area contributed by atoms with Crippen molar-refractivity contribution in [3.63, 3.8) is 0 Å². The van der Waals surface area contributed by atoms with Crippen molar-refractivity contribution in [3.05, 3.63) is 23.8 Å². The fraction of sp³-hybridized carbons (Fsp3) is 0.500. The van der Waals surface area contributed by atoms with Gasteiger partial charge in [-0.3, -0.25) is 4.79 Å². The Kier molecular flexibility index (Phi) is 5.94. The Bertz CT molecular complexity index is 604. The highest BCUT2D eigenvalue weighted by molar-refractivity contribution is 5.95. The van der Waals surface area contributed by atoms with Gasteiger partial charge in [-0.15, -0.1) is 0 Å². The highest BCUT2D eigenvalue weighted by Gasteiger charge is 2.34. The number of aliphatic carboxylic acids is 1. The summed E-state index contributed by atoms with van der Waals surface area (Å²) in [4.78, 5) is 24.3. The molecule has 1 aliphatic carbocycles. The third-order valence-corrected chi connectivity index (χ3v) is 3.42. The average molecular weight is 343 g/mol. The Morgan fingerprint density at radius 2 is 2.00 bits per heavy atom. The third kappa shape index (κ3) is 4.81. The number of hydrogen-bond acceptors (Lipinski definition) is 4. The summed E-state index contributed by atoms with van der Waals surface area (Å²) in [6.45, 7) is 0.852. The predicted molar refractivity (Wildman–Crippen MR) is 80.8 cm³/mol. The van der Waals surface area contributed by atoms with E-state index in [0.29, 0.717) is 0 Å². The van der Waals surface area contributed by atoms with E-state index in [0.717, 1.165) is 12.8 Å². The van der Waals surface area contributed by atoms with Gasteiger partial charge in [-0.2, -0.15) is 0 Å². The van der Waals surface area contributed by atoms with Gasteiger partial charge in [0.25, 0.3) is 12.3 Å². The number of amides is 1. The fourth-order valence-corrected chi connectivity index (χ4v) is 2.27. The molecule has 6 nitrogen and oxygen atoms in total. The van der Waals surface area contributed by atoms with E-state index >= 15 is 0 Å². The maximum atomic E-state index is 12.7. The zero-order valence-electron chi connectivity index (χ0n) is 13.2. The maximum absolute atomic E-state index is 12.7. The molecule has 0 spiro atoms. The van der Waals surface area contributed by atoms with E-state index in [1.807, 2.05) is 0 Å². The molecule has 1 aliphatic rings. The van der Waals surface area contributed by atoms with Crippen molar-refractivity contribution in [3.8, 4) is 11.5 Å². The average Bonchev–Trinajstić information content (AvgIpc) is 3.35. The molecule has 0 aromatic heterocycles. The molecule has 0 radical (unpaired) electrons. The van der Waals surface area contributed by atoms with Gasteiger partial charge in [0.05, 0.1) is 13.2 Å². The smallest absolute Gasteiger partial charge is 0.341 e. The molecule has 1 aromatic carbocycles. The lowest BCUT2D eigenvalue weighted by molar-refractivity contribution is -0.139. The summed E-state index contributed by atoms with van der Waals surface area (Å²) in [6.07, 6.45) is -1.16. The van der Waals surface area contributed by atoms with Crippen LogP contribution in [0.4, 0.5) is 8.78 Å². The number of alkyl halides is 2. The summed E-state index contributed by atoms with van der Waals surface area (Å²) in [5.74, 6) is -1.25. The minimum absolute atomic E-state index is 0.148. The minimum Gasteiger partial charge on any atom is -0.490 e. The molecule has 1 N–H and O–H groups in total. The number of ether oxygens (including phenoxy) is 2. The van der Waals surface area contributed by atoms with Crippen LogP contribution in [0.15, 0.2) is 18.2 Å². The maximum Gasteiger partial charge on any atom is 0.341 e. The second-order valence-corrected chi connectivity index (χ2v) is 5.36. The number of nitrogens with zero attached hydrogens (tertiary/aromatic N) is 1. The highest BCUT2D eigenvalue weighted by Crippen LogP contribution is 2.32. The van der Waals surface area contributed by atoms with Gasteiger partial charge in [0.1, 0.15) is 0 Å². The van der Waals surface area contributed by atoms with Crippen LogP contribution in [0.5, 0.6) is 11.5 Å². The Morgan fingerprint density at radius 1 is 1.29 bits per heavy atom. The predicted octanol–water partition coefficient (Wildman–Crippen LogP) is 2.42. The van der Waals surface area contributed by atoms with E-state index in [9.17, 15) is 18.4 Å². The first-order valence-electron chi connectivity index (χ1n) is 7.63. The van der Waals surface area contributed by atoms with E-state index in [-0.39, 0.29) is 29.7 Å². The van der Waals surface area contributed by atoms with Crippen molar-refractivity contribution >= 4 is 11.9 Å². The zero-order chi connectivity index (χ0) is 17.7. The van der Waals surface area contributed by atoms with Crippen molar-refractivity contribution in [1.82, 2.24) is 4.90 Å². The van der Waals surface area contributed by atoms with Gasteiger partial charge in [-0.05, 0) is 38.0 Å². The van der Waals surface area contributed by atoms with Crippen LogP contribution in [0.2, 0.25) is 0 Å². The molecule has 0 saturated heterocycles. The van der Waals surface area contributed by atoms with Crippen molar-refractivity contribution in [2.75, 3.05) is 19.8 Å². The van der Waals surface area contributed by atoms with Crippen LogP contribution in [-0.2, 0) is 4.79 Å². The van der Waals surface area contributed by atoms with Crippen LogP contribution in [0.3, 0.4) is 0 Å². The molecule has 0 aliphatic heterocycles. The molecule has 1 fully saturated rings. The number of hydrogen-bond donors (Lipinski definition) is 1. The molecule has 8 heteroatoms. The van der Waals surface area contributed by atoms with Gasteiger partial charge < -0.3 is 19.5 Å². The van der Waals surface area contributed by atoms with E-state index in [1.165, 1.54) is 23.1 Å². The number of carbonyl (C=O) groups is 2. The fourth-order valence-electron chi connectivity index (χ4n) is 2.27. The standard InChI is InChI=1S/C16H19F2NO5/c1-2-23-13-7-10(3-6-12(13)24-9-15(20)21)16(22)19(8-14(17)18)11-4-5-11/h3,6-7,11,14H,2,4-5,8-9H2,1H3,(H,20,21). The summed E-state index contributed by atoms with van der Waals surface area (Å²) in [6, 6.07) is 4.08. The van der Waals surface area contributed by atoms with Gasteiger partial charge in [0, 0.05) is 11.6 Å². The largest absolute Gasteiger partial charge is 0.490 e. The molecule has 1 aromatic rings. The van der Waals surface area contributed by atoms with Crippen LogP contribution in [0.25, 0.3) is 0 Å². The molecule has 0 atom stereocenters. The molecule has 0 unspecified atom stereocenters. The quantitative estimate of drug-likeness (QED) is 0.745. The van der Waals surface area contributed by atoms with Gasteiger partial charge in [-0.1, -0.05) is 0 Å². The lowest BCUT2D eigenvalue weighted by atomic mass is 10.1. The number of halogens is 2. The second kappa shape index (κ2) is 7.94. The summed E-state index contributed by atoms with van der Waals surface area (Å²) in [5.41, 5.74) is 0.202. The minimum atomic E-state index is -2.60. The molecular weight excluding hydrogens is 324 g/mol. The summed E-state index contributed by atoms with van der Waals surface area (Å²) >= 11 is 0. The van der Waals surface area contributed by atoms with Crippen LogP contribution < -0.4 is 9.47 Å². The first-order valence-corrected chi connectivity index (χ1v) is 7.63. The number of benzene rings is 1. The molecule has 0 bridgehead atoms. The second-order valence-electron chi connectivity index (χ2n) is 5.36. The van der Waals surface area contributed by atoms with Crippen LogP contribution in [0.1, 0.15) is 30.1 Å². The van der Waals surface area contributed by atoms with Gasteiger partial charge in [0.15, 0.2) is 18.1 Å². The van der Waals surface area contributed by atoms with E-state index in [2.05, 4.69) is 0 Å². The number of rotatable bonds is 9. The van der Waals surface area contributed by atoms with Crippen LogP contribution in [0, 0.1) is 0 Å². The Balaban J connectivity index is 2.20. The van der Waals surface area contributed by atoms with Crippen LogP contribution >= 0.6 is 0 Å². The number of carboxylic acid groups (broad SMARTS) is 1. The number of carbonyl (C=O) groups excluding carboxylic acids is 1. The van der Waals surface area contributed by atoms with Crippen molar-refractivity contribution in [1.29, 1.82) is 0 Å². The first kappa shape index (κ1) is 18.0. The zero-order valence-corrected chi connectivity index (χ0v) is 13.2. The lowest BCUT2D eigenvalue weighted by Crippen LogP contribution is -2.36. The molecule has 132 valence electrons. The van der Waals surface area contributed by atoms with Gasteiger partial charge in [0.2, 0.25) is 0 Å². The summed E-state index contributed by atoms with van der Waals surface area (Å²) < 4.78 is 35.9. The Labute approximate surface area is 138 Å². The Morgan fingerprint density at radius 3 is 2.54 bits per heavy atom.